The molecule has 2 N–H and O–H groups in total. The van der Waals surface area contributed by atoms with Crippen molar-refractivity contribution in [3.63, 3.8) is 0 Å². The average Bonchev–Trinajstić information content (AvgIpc) is 3.42. The summed E-state index contributed by atoms with van der Waals surface area (Å²) in [7, 11) is 0. The van der Waals surface area contributed by atoms with E-state index in [1.54, 1.807) is 19.3 Å². The van der Waals surface area contributed by atoms with Gasteiger partial charge in [0.1, 0.15) is 34.8 Å². The Kier molecular flexibility index (Phi) is 7.17. The van der Waals surface area contributed by atoms with Crippen LogP contribution in [0.5, 0.6) is 0 Å². The van der Waals surface area contributed by atoms with Crippen molar-refractivity contribution < 1.29 is 22.3 Å². The number of nitrogens with zero attached hydrogens (tertiary/aromatic N) is 5. The van der Waals surface area contributed by atoms with Crippen LogP contribution in [-0.2, 0) is 22.4 Å². The van der Waals surface area contributed by atoms with Gasteiger partial charge in [-0.25, -0.2) is 27.7 Å². The van der Waals surface area contributed by atoms with Crippen molar-refractivity contribution in [3.8, 4) is 5.69 Å². The fraction of sp³-hybridized carbons (Fsp3) is 0.429. The van der Waals surface area contributed by atoms with Gasteiger partial charge in [-0.15, -0.1) is 10.2 Å². The zero-order chi connectivity index (χ0) is 23.5. The molecule has 176 valence electrons. The number of aryl methyl sites for hydroxylation is 1. The van der Waals surface area contributed by atoms with Gasteiger partial charge in [0.05, 0.1) is 6.61 Å². The van der Waals surface area contributed by atoms with Crippen molar-refractivity contribution in [1.29, 1.82) is 0 Å². The molecule has 1 fully saturated rings. The Morgan fingerprint density at radius 1 is 1.27 bits per heavy atom. The molecule has 0 radical (unpaired) electrons. The van der Waals surface area contributed by atoms with Gasteiger partial charge in [-0.1, -0.05) is 6.07 Å². The van der Waals surface area contributed by atoms with Gasteiger partial charge < -0.3 is 4.74 Å². The van der Waals surface area contributed by atoms with Crippen LogP contribution in [-0.4, -0.2) is 52.7 Å². The molecule has 1 aliphatic heterocycles. The highest BCUT2D eigenvalue weighted by Crippen LogP contribution is 2.31. The second kappa shape index (κ2) is 10.1. The van der Waals surface area contributed by atoms with Gasteiger partial charge in [0.25, 0.3) is 0 Å². The molecule has 3 heterocycles. The first-order valence-corrected chi connectivity index (χ1v) is 11.6. The van der Waals surface area contributed by atoms with E-state index in [2.05, 4.69) is 24.9 Å². The first-order chi connectivity index (χ1) is 15.8. The zero-order valence-electron chi connectivity index (χ0n) is 18.1. The van der Waals surface area contributed by atoms with Crippen LogP contribution in [0.3, 0.4) is 0 Å². The quantitative estimate of drug-likeness (QED) is 0.478. The van der Waals surface area contributed by atoms with Gasteiger partial charge in [0.15, 0.2) is 0 Å². The number of rotatable bonds is 8. The predicted molar refractivity (Wildman–Crippen MR) is 116 cm³/mol. The number of hydrogen-bond acceptors (Lipinski definition) is 6. The molecule has 0 spiro atoms. The third kappa shape index (κ3) is 5.13. The molecule has 4 rings (SSSR count). The highest BCUT2D eigenvalue weighted by atomic mass is 32.2. The maximum absolute atomic E-state index is 14.8. The molecule has 3 aromatic rings. The number of aromatic nitrogens is 5. The Labute approximate surface area is 192 Å². The van der Waals surface area contributed by atoms with Gasteiger partial charge in [0.2, 0.25) is 11.3 Å². The van der Waals surface area contributed by atoms with Gasteiger partial charge in [-0.2, -0.15) is 0 Å². The van der Waals surface area contributed by atoms with Crippen LogP contribution in [0.1, 0.15) is 48.2 Å². The summed E-state index contributed by atoms with van der Waals surface area (Å²) < 4.78 is 59.8. The Hall–Kier alpha value is -2.67. The average molecular weight is 479 g/mol. The SMILES string of the molecule is Cc1cnc([C@H](Cc2nnc([C@H]3CCOC3)n2-c2c(F)cccc2F)[C@@H](C)NS(=O)O)nc1. The first kappa shape index (κ1) is 23.5. The molecule has 1 saturated heterocycles. The van der Waals surface area contributed by atoms with Crippen molar-refractivity contribution in [2.75, 3.05) is 13.2 Å². The van der Waals surface area contributed by atoms with E-state index in [4.69, 9.17) is 4.74 Å². The fourth-order valence-corrected chi connectivity index (χ4v) is 4.42. The number of para-hydroxylation sites is 1. The lowest BCUT2D eigenvalue weighted by Gasteiger charge is -2.23. The van der Waals surface area contributed by atoms with Crippen molar-refractivity contribution in [1.82, 2.24) is 29.5 Å². The number of benzene rings is 1. The van der Waals surface area contributed by atoms with Gasteiger partial charge in [-0.3, -0.25) is 9.12 Å². The summed E-state index contributed by atoms with van der Waals surface area (Å²) in [5.74, 6) is -1.11. The van der Waals surface area contributed by atoms with Crippen molar-refractivity contribution in [3.05, 3.63) is 65.3 Å². The van der Waals surface area contributed by atoms with E-state index in [9.17, 15) is 17.5 Å². The zero-order valence-corrected chi connectivity index (χ0v) is 18.9. The molecular formula is C21H24F2N6O3S. The largest absolute Gasteiger partial charge is 0.381 e. The Morgan fingerprint density at radius 3 is 2.58 bits per heavy atom. The summed E-state index contributed by atoms with van der Waals surface area (Å²) in [6.45, 7) is 4.45. The summed E-state index contributed by atoms with van der Waals surface area (Å²) in [6, 6.07) is 3.09. The van der Waals surface area contributed by atoms with E-state index < -0.39 is 34.9 Å². The lowest BCUT2D eigenvalue weighted by molar-refractivity contribution is 0.193. The van der Waals surface area contributed by atoms with Gasteiger partial charge in [-0.05, 0) is 38.0 Å². The standard InChI is InChI=1S/C21H24F2N6O3S/c1-12-9-24-20(25-10-12)15(13(2)28-33(30)31)8-18-26-27-21(14-6-7-32-11-14)29(18)19-16(22)4-3-5-17(19)23/h3-5,9-10,13-15,28H,6-8,11H2,1-2H3,(H,30,31)/t13-,14+,15-/m1/s1. The third-order valence-corrected chi connectivity index (χ3v) is 6.21. The summed E-state index contributed by atoms with van der Waals surface area (Å²) >= 11 is -2.28. The molecule has 2 aromatic heterocycles. The minimum Gasteiger partial charge on any atom is -0.381 e. The lowest BCUT2D eigenvalue weighted by atomic mass is 9.96. The van der Waals surface area contributed by atoms with E-state index in [0.29, 0.717) is 31.3 Å². The van der Waals surface area contributed by atoms with Crippen LogP contribution >= 0.6 is 0 Å². The van der Waals surface area contributed by atoms with E-state index in [0.717, 1.165) is 5.56 Å². The highest BCUT2D eigenvalue weighted by molar-refractivity contribution is 7.77. The fourth-order valence-electron chi connectivity index (χ4n) is 3.93. The van der Waals surface area contributed by atoms with Crippen LogP contribution in [0.15, 0.2) is 30.6 Å². The van der Waals surface area contributed by atoms with Crippen LogP contribution in [0.25, 0.3) is 5.69 Å². The first-order valence-electron chi connectivity index (χ1n) is 10.5. The van der Waals surface area contributed by atoms with Crippen LogP contribution in [0.4, 0.5) is 8.78 Å². The molecule has 0 aliphatic carbocycles. The molecule has 1 unspecified atom stereocenters. The molecule has 0 bridgehead atoms. The molecule has 9 nitrogen and oxygen atoms in total. The predicted octanol–water partition coefficient (Wildman–Crippen LogP) is 2.59. The number of hydrogen-bond donors (Lipinski definition) is 2. The smallest absolute Gasteiger partial charge is 0.231 e. The summed E-state index contributed by atoms with van der Waals surface area (Å²) in [6.07, 6.45) is 4.05. The van der Waals surface area contributed by atoms with E-state index in [1.807, 2.05) is 6.92 Å². The van der Waals surface area contributed by atoms with Crippen LogP contribution in [0, 0.1) is 18.6 Å². The molecule has 1 aromatic carbocycles. The van der Waals surface area contributed by atoms with Crippen LogP contribution in [0.2, 0.25) is 0 Å². The van der Waals surface area contributed by atoms with Crippen molar-refractivity contribution in [2.45, 2.75) is 44.6 Å². The van der Waals surface area contributed by atoms with Gasteiger partial charge >= 0.3 is 0 Å². The number of halogens is 2. The summed E-state index contributed by atoms with van der Waals surface area (Å²) in [5, 5.41) is 8.53. The van der Waals surface area contributed by atoms with Crippen molar-refractivity contribution >= 4 is 11.3 Å². The second-order valence-corrected chi connectivity index (χ2v) is 8.76. The lowest BCUT2D eigenvalue weighted by Crippen LogP contribution is -2.35. The monoisotopic (exact) mass is 478 g/mol. The Morgan fingerprint density at radius 2 is 1.97 bits per heavy atom. The Balaban J connectivity index is 1.81. The number of nitrogens with one attached hydrogen (secondary N) is 1. The van der Waals surface area contributed by atoms with Crippen molar-refractivity contribution in [2.24, 2.45) is 0 Å². The van der Waals surface area contributed by atoms with E-state index in [1.165, 1.54) is 22.8 Å². The highest BCUT2D eigenvalue weighted by Gasteiger charge is 2.32. The summed E-state index contributed by atoms with van der Waals surface area (Å²) in [5.41, 5.74) is 0.582. The van der Waals surface area contributed by atoms with Crippen LogP contribution < -0.4 is 4.72 Å². The molecule has 0 saturated carbocycles. The Bertz CT molecular complexity index is 1120. The third-order valence-electron chi connectivity index (χ3n) is 5.64. The minimum atomic E-state index is -2.28. The molecule has 33 heavy (non-hydrogen) atoms. The maximum atomic E-state index is 14.8. The summed E-state index contributed by atoms with van der Waals surface area (Å²) in [4.78, 5) is 8.74. The molecule has 4 atom stereocenters. The topological polar surface area (TPSA) is 115 Å². The molecule has 12 heteroatoms. The minimum absolute atomic E-state index is 0.114. The second-order valence-electron chi connectivity index (χ2n) is 8.03. The van der Waals surface area contributed by atoms with Gasteiger partial charge in [0, 0.05) is 43.3 Å². The normalized spacial score (nSPS) is 18.9. The molecule has 0 amide bonds. The number of ether oxygens (including phenoxy) is 1. The maximum Gasteiger partial charge on any atom is 0.231 e. The van der Waals surface area contributed by atoms with E-state index in [-0.39, 0.29) is 23.9 Å². The molecular weight excluding hydrogens is 454 g/mol. The molecule has 1 aliphatic rings. The van der Waals surface area contributed by atoms with E-state index >= 15 is 0 Å².